The molecule has 4 heteroatoms. The van der Waals surface area contributed by atoms with Gasteiger partial charge in [0.1, 0.15) is 12.2 Å². The van der Waals surface area contributed by atoms with Crippen molar-refractivity contribution in [3.8, 4) is 0 Å². The zero-order chi connectivity index (χ0) is 12.3. The van der Waals surface area contributed by atoms with Gasteiger partial charge < -0.3 is 9.15 Å². The molecule has 1 aromatic carbocycles. The Morgan fingerprint density at radius 2 is 2.29 bits per heavy atom. The molecule has 90 valence electrons. The molecule has 0 aliphatic carbocycles. The third-order valence-corrected chi connectivity index (χ3v) is 2.98. The molecule has 0 spiro atoms. The number of Topliss-reactive ketones (excluding diaryl/α,β-unsaturated/α-hetero) is 1. The molecule has 0 saturated heterocycles. The molecule has 0 aliphatic rings. The van der Waals surface area contributed by atoms with E-state index in [1.54, 1.807) is 6.07 Å². The van der Waals surface area contributed by atoms with Gasteiger partial charge in [0, 0.05) is 12.0 Å². The number of fused-ring (bicyclic) bond motifs is 1. The van der Waals surface area contributed by atoms with E-state index in [0.29, 0.717) is 18.0 Å². The molecule has 17 heavy (non-hydrogen) atoms. The molecule has 2 rings (SSSR count). The first-order valence-electron chi connectivity index (χ1n) is 5.51. The summed E-state index contributed by atoms with van der Waals surface area (Å²) >= 11 is 3.39. The summed E-state index contributed by atoms with van der Waals surface area (Å²) in [6.07, 6.45) is 0.902. The minimum Gasteiger partial charge on any atom is -0.452 e. The average Bonchev–Trinajstić information content (AvgIpc) is 2.75. The lowest BCUT2D eigenvalue weighted by Crippen LogP contribution is -2.08. The predicted molar refractivity (Wildman–Crippen MR) is 69.4 cm³/mol. The van der Waals surface area contributed by atoms with Crippen LogP contribution in [0.3, 0.4) is 0 Å². The monoisotopic (exact) mass is 296 g/mol. The molecule has 3 nitrogen and oxygen atoms in total. The maximum Gasteiger partial charge on any atom is 0.223 e. The molecule has 0 radical (unpaired) electrons. The molecule has 0 atom stereocenters. The summed E-state index contributed by atoms with van der Waals surface area (Å²) < 4.78 is 11.6. The second-order valence-electron chi connectivity index (χ2n) is 3.74. The third kappa shape index (κ3) is 2.76. The number of carbonyl (C=O) groups is 1. The van der Waals surface area contributed by atoms with Crippen LogP contribution >= 0.6 is 15.9 Å². The number of carbonyl (C=O) groups excluding carboxylic acids is 1. The third-order valence-electron chi connectivity index (χ3n) is 2.35. The Labute approximate surface area is 108 Å². The van der Waals surface area contributed by atoms with E-state index in [4.69, 9.17) is 9.15 Å². The SMILES string of the molecule is CCCOCC(=O)c1cc2cccc(Br)c2o1. The molecule has 0 fully saturated rings. The van der Waals surface area contributed by atoms with Gasteiger partial charge in [-0.25, -0.2) is 0 Å². The Morgan fingerprint density at radius 3 is 3.00 bits per heavy atom. The normalized spacial score (nSPS) is 10.9. The zero-order valence-corrected chi connectivity index (χ0v) is 11.1. The highest BCUT2D eigenvalue weighted by atomic mass is 79.9. The molecule has 0 unspecified atom stereocenters. The van der Waals surface area contributed by atoms with Crippen LogP contribution in [0.1, 0.15) is 23.9 Å². The van der Waals surface area contributed by atoms with E-state index in [-0.39, 0.29) is 12.4 Å². The first kappa shape index (κ1) is 12.3. The fraction of sp³-hybridized carbons (Fsp3) is 0.308. The van der Waals surface area contributed by atoms with Crippen LogP contribution in [-0.4, -0.2) is 19.0 Å². The van der Waals surface area contributed by atoms with Crippen molar-refractivity contribution >= 4 is 32.7 Å². The number of rotatable bonds is 5. The second kappa shape index (κ2) is 5.47. The summed E-state index contributed by atoms with van der Waals surface area (Å²) in [5.41, 5.74) is 0.700. The van der Waals surface area contributed by atoms with Gasteiger partial charge in [0.05, 0.1) is 4.47 Å². The molecule has 0 N–H and O–H groups in total. The topological polar surface area (TPSA) is 39.4 Å². The number of furan rings is 1. The molecule has 0 bridgehead atoms. The van der Waals surface area contributed by atoms with Gasteiger partial charge in [-0.1, -0.05) is 19.1 Å². The Bertz CT molecular complexity index is 530. The minimum absolute atomic E-state index is 0.0747. The largest absolute Gasteiger partial charge is 0.452 e. The van der Waals surface area contributed by atoms with Crippen molar-refractivity contribution in [1.82, 2.24) is 0 Å². The van der Waals surface area contributed by atoms with E-state index in [1.807, 2.05) is 25.1 Å². The lowest BCUT2D eigenvalue weighted by atomic mass is 10.2. The lowest BCUT2D eigenvalue weighted by Gasteiger charge is -1.98. The van der Waals surface area contributed by atoms with Crippen LogP contribution in [-0.2, 0) is 4.74 Å². The highest BCUT2D eigenvalue weighted by Gasteiger charge is 2.13. The Kier molecular flexibility index (Phi) is 3.97. The van der Waals surface area contributed by atoms with Crippen molar-refractivity contribution < 1.29 is 13.9 Å². The second-order valence-corrected chi connectivity index (χ2v) is 4.60. The molecule has 1 heterocycles. The Balaban J connectivity index is 2.19. The fourth-order valence-electron chi connectivity index (χ4n) is 1.55. The molecule has 2 aromatic rings. The van der Waals surface area contributed by atoms with Gasteiger partial charge in [0.2, 0.25) is 5.78 Å². The van der Waals surface area contributed by atoms with Crippen molar-refractivity contribution in [1.29, 1.82) is 0 Å². The van der Waals surface area contributed by atoms with Gasteiger partial charge >= 0.3 is 0 Å². The van der Waals surface area contributed by atoms with Crippen LogP contribution in [0.5, 0.6) is 0 Å². The van der Waals surface area contributed by atoms with Crippen LogP contribution in [0, 0.1) is 0 Å². The summed E-state index contributed by atoms with van der Waals surface area (Å²) in [4.78, 5) is 11.8. The molecule has 0 aliphatic heterocycles. The zero-order valence-electron chi connectivity index (χ0n) is 9.53. The predicted octanol–water partition coefficient (Wildman–Crippen LogP) is 3.80. The quantitative estimate of drug-likeness (QED) is 0.622. The van der Waals surface area contributed by atoms with E-state index < -0.39 is 0 Å². The van der Waals surface area contributed by atoms with E-state index in [2.05, 4.69) is 15.9 Å². The summed E-state index contributed by atoms with van der Waals surface area (Å²) in [5, 5.41) is 0.915. The van der Waals surface area contributed by atoms with Crippen molar-refractivity contribution in [3.05, 3.63) is 34.5 Å². The van der Waals surface area contributed by atoms with Crippen LogP contribution in [0.25, 0.3) is 11.0 Å². The summed E-state index contributed by atoms with van der Waals surface area (Å²) in [5.74, 6) is 0.226. The summed E-state index contributed by atoms with van der Waals surface area (Å²) in [6.45, 7) is 2.67. The van der Waals surface area contributed by atoms with E-state index in [0.717, 1.165) is 16.3 Å². The van der Waals surface area contributed by atoms with Crippen molar-refractivity contribution in [2.75, 3.05) is 13.2 Å². The maximum absolute atomic E-state index is 11.8. The Hall–Kier alpha value is -1.13. The van der Waals surface area contributed by atoms with Crippen molar-refractivity contribution in [3.63, 3.8) is 0 Å². The van der Waals surface area contributed by atoms with Gasteiger partial charge in [0.25, 0.3) is 0 Å². The number of para-hydroxylation sites is 1. The maximum atomic E-state index is 11.8. The average molecular weight is 297 g/mol. The number of hydrogen-bond acceptors (Lipinski definition) is 3. The summed E-state index contributed by atoms with van der Waals surface area (Å²) in [6, 6.07) is 7.45. The first-order chi connectivity index (χ1) is 8.22. The fourth-order valence-corrected chi connectivity index (χ4v) is 2.01. The van der Waals surface area contributed by atoms with E-state index >= 15 is 0 Å². The molecule has 0 amide bonds. The number of hydrogen-bond donors (Lipinski definition) is 0. The molecule has 1 aromatic heterocycles. The smallest absolute Gasteiger partial charge is 0.223 e. The molecular formula is C13H13BrO3. The van der Waals surface area contributed by atoms with Crippen LogP contribution < -0.4 is 0 Å². The highest BCUT2D eigenvalue weighted by Crippen LogP contribution is 2.27. The number of halogens is 1. The number of benzene rings is 1. The Morgan fingerprint density at radius 1 is 1.47 bits per heavy atom. The highest BCUT2D eigenvalue weighted by molar-refractivity contribution is 9.10. The number of ketones is 1. The van der Waals surface area contributed by atoms with Crippen LogP contribution in [0.2, 0.25) is 0 Å². The standard InChI is InChI=1S/C13H13BrO3/c1-2-6-16-8-11(15)12-7-9-4-3-5-10(14)13(9)17-12/h3-5,7H,2,6,8H2,1H3. The lowest BCUT2D eigenvalue weighted by molar-refractivity contribution is 0.0736. The van der Waals surface area contributed by atoms with Gasteiger partial charge in [-0.2, -0.15) is 0 Å². The van der Waals surface area contributed by atoms with E-state index in [1.165, 1.54) is 0 Å². The van der Waals surface area contributed by atoms with Crippen molar-refractivity contribution in [2.45, 2.75) is 13.3 Å². The number of ether oxygens (including phenoxy) is 1. The minimum atomic E-state index is -0.124. The summed E-state index contributed by atoms with van der Waals surface area (Å²) in [7, 11) is 0. The first-order valence-corrected chi connectivity index (χ1v) is 6.30. The van der Waals surface area contributed by atoms with Crippen molar-refractivity contribution in [2.24, 2.45) is 0 Å². The van der Waals surface area contributed by atoms with Gasteiger partial charge in [-0.05, 0) is 34.5 Å². The van der Waals surface area contributed by atoms with Gasteiger partial charge in [-0.15, -0.1) is 0 Å². The van der Waals surface area contributed by atoms with Gasteiger partial charge in [0.15, 0.2) is 5.76 Å². The van der Waals surface area contributed by atoms with Crippen LogP contribution in [0.4, 0.5) is 0 Å². The van der Waals surface area contributed by atoms with Gasteiger partial charge in [-0.3, -0.25) is 4.79 Å². The van der Waals surface area contributed by atoms with E-state index in [9.17, 15) is 4.79 Å². The molecular weight excluding hydrogens is 284 g/mol. The van der Waals surface area contributed by atoms with Crippen LogP contribution in [0.15, 0.2) is 33.2 Å². The molecule has 0 saturated carbocycles.